The Morgan fingerprint density at radius 1 is 1.12 bits per heavy atom. The van der Waals surface area contributed by atoms with E-state index >= 15 is 0 Å². The minimum absolute atomic E-state index is 0.202. The van der Waals surface area contributed by atoms with Crippen molar-refractivity contribution >= 4 is 11.9 Å². The average Bonchev–Trinajstić information content (AvgIpc) is 2.61. The van der Waals surface area contributed by atoms with Crippen molar-refractivity contribution in [1.82, 2.24) is 5.32 Å². The fourth-order valence-electron chi connectivity index (χ4n) is 2.87. The summed E-state index contributed by atoms with van der Waals surface area (Å²) in [5.41, 5.74) is 1.01. The second-order valence-electron chi connectivity index (χ2n) is 5.72. The van der Waals surface area contributed by atoms with Gasteiger partial charge in [-0.3, -0.25) is 9.59 Å². The fourth-order valence-corrected chi connectivity index (χ4v) is 2.87. The van der Waals surface area contributed by atoms with Gasteiger partial charge in [0.25, 0.3) is 0 Å². The van der Waals surface area contributed by atoms with Crippen LogP contribution in [0.5, 0.6) is 11.5 Å². The summed E-state index contributed by atoms with van der Waals surface area (Å²) >= 11 is 0. The Hall–Kier alpha value is -2.50. The lowest BCUT2D eigenvalue weighted by molar-refractivity contribution is -0.147. The number of ether oxygens (including phenoxy) is 2. The number of methoxy groups -OCH3 is 2. The van der Waals surface area contributed by atoms with Crippen LogP contribution < -0.4 is 14.8 Å². The number of rotatable bonds is 7. The topological polar surface area (TPSA) is 84.9 Å². The molecule has 130 valence electrons. The van der Waals surface area contributed by atoms with E-state index < -0.39 is 17.8 Å². The highest BCUT2D eigenvalue weighted by Crippen LogP contribution is 2.28. The number of allylic oxidation sites excluding steroid dienone is 2. The first-order valence-electron chi connectivity index (χ1n) is 7.93. The number of hydrogen-bond donors (Lipinski definition) is 2. The van der Waals surface area contributed by atoms with Gasteiger partial charge in [0.15, 0.2) is 11.5 Å². The highest BCUT2D eigenvalue weighted by molar-refractivity contribution is 5.85. The van der Waals surface area contributed by atoms with E-state index in [0.29, 0.717) is 37.3 Å². The van der Waals surface area contributed by atoms with Crippen molar-refractivity contribution in [3.63, 3.8) is 0 Å². The SMILES string of the molecule is COc1ccc(CCNC(=O)C2CC=CCC2C(=O)O)cc1OC. The molecule has 0 heterocycles. The van der Waals surface area contributed by atoms with Crippen molar-refractivity contribution in [3.8, 4) is 11.5 Å². The Bertz CT molecular complexity index is 626. The second-order valence-corrected chi connectivity index (χ2v) is 5.72. The van der Waals surface area contributed by atoms with Crippen molar-refractivity contribution in [2.24, 2.45) is 11.8 Å². The first-order valence-corrected chi connectivity index (χ1v) is 7.93. The average molecular weight is 333 g/mol. The van der Waals surface area contributed by atoms with Crippen LogP contribution in [0.1, 0.15) is 18.4 Å². The molecule has 0 spiro atoms. The van der Waals surface area contributed by atoms with E-state index in [-0.39, 0.29) is 5.91 Å². The molecule has 0 saturated carbocycles. The van der Waals surface area contributed by atoms with E-state index in [1.54, 1.807) is 14.2 Å². The van der Waals surface area contributed by atoms with Gasteiger partial charge in [0.2, 0.25) is 5.91 Å². The zero-order valence-electron chi connectivity index (χ0n) is 14.0. The van der Waals surface area contributed by atoms with Crippen LogP contribution in [0.25, 0.3) is 0 Å². The summed E-state index contributed by atoms with van der Waals surface area (Å²) in [5, 5.41) is 12.1. The van der Waals surface area contributed by atoms with Crippen LogP contribution in [0.2, 0.25) is 0 Å². The maximum Gasteiger partial charge on any atom is 0.307 e. The Morgan fingerprint density at radius 3 is 2.42 bits per heavy atom. The molecule has 0 aromatic heterocycles. The van der Waals surface area contributed by atoms with Crippen molar-refractivity contribution < 1.29 is 24.2 Å². The molecule has 0 saturated heterocycles. The van der Waals surface area contributed by atoms with Gasteiger partial charge in [0, 0.05) is 6.54 Å². The molecule has 0 radical (unpaired) electrons. The molecular formula is C18H23NO5. The monoisotopic (exact) mass is 333 g/mol. The molecule has 0 fully saturated rings. The predicted octanol–water partition coefficient (Wildman–Crippen LogP) is 2.03. The van der Waals surface area contributed by atoms with Gasteiger partial charge in [-0.25, -0.2) is 0 Å². The molecule has 0 aliphatic heterocycles. The molecule has 1 aromatic carbocycles. The molecule has 2 rings (SSSR count). The van der Waals surface area contributed by atoms with Gasteiger partial charge in [0.05, 0.1) is 26.1 Å². The van der Waals surface area contributed by atoms with Crippen molar-refractivity contribution in [1.29, 1.82) is 0 Å². The number of carbonyl (C=O) groups excluding carboxylic acids is 1. The van der Waals surface area contributed by atoms with Crippen molar-refractivity contribution in [2.75, 3.05) is 20.8 Å². The minimum Gasteiger partial charge on any atom is -0.493 e. The summed E-state index contributed by atoms with van der Waals surface area (Å²) in [6.45, 7) is 0.445. The molecule has 6 nitrogen and oxygen atoms in total. The summed E-state index contributed by atoms with van der Waals surface area (Å²) in [6, 6.07) is 5.60. The third-order valence-corrected chi connectivity index (χ3v) is 4.25. The van der Waals surface area contributed by atoms with Gasteiger partial charge < -0.3 is 19.9 Å². The molecule has 6 heteroatoms. The molecule has 24 heavy (non-hydrogen) atoms. The number of amides is 1. The van der Waals surface area contributed by atoms with Crippen molar-refractivity contribution in [2.45, 2.75) is 19.3 Å². The lowest BCUT2D eigenvalue weighted by Crippen LogP contribution is -2.39. The fraction of sp³-hybridized carbons (Fsp3) is 0.444. The highest BCUT2D eigenvalue weighted by atomic mass is 16.5. The third kappa shape index (κ3) is 4.28. The predicted molar refractivity (Wildman–Crippen MR) is 89.2 cm³/mol. The number of nitrogens with one attached hydrogen (secondary N) is 1. The van der Waals surface area contributed by atoms with Gasteiger partial charge >= 0.3 is 5.97 Å². The van der Waals surface area contributed by atoms with Gasteiger partial charge in [-0.05, 0) is 37.0 Å². The van der Waals surface area contributed by atoms with Crippen molar-refractivity contribution in [3.05, 3.63) is 35.9 Å². The normalized spacial score (nSPS) is 19.6. The molecule has 2 unspecified atom stereocenters. The summed E-state index contributed by atoms with van der Waals surface area (Å²) < 4.78 is 10.4. The highest BCUT2D eigenvalue weighted by Gasteiger charge is 2.33. The summed E-state index contributed by atoms with van der Waals surface area (Å²) in [6.07, 6.45) is 5.21. The van der Waals surface area contributed by atoms with Crippen LogP contribution in [-0.2, 0) is 16.0 Å². The summed E-state index contributed by atoms with van der Waals surface area (Å²) in [7, 11) is 3.15. The molecule has 2 N–H and O–H groups in total. The smallest absolute Gasteiger partial charge is 0.307 e. The van der Waals surface area contributed by atoms with E-state index in [1.165, 1.54) is 0 Å². The van der Waals surface area contributed by atoms with E-state index in [4.69, 9.17) is 9.47 Å². The van der Waals surface area contributed by atoms with E-state index in [1.807, 2.05) is 30.4 Å². The number of benzene rings is 1. The first-order chi connectivity index (χ1) is 11.6. The van der Waals surface area contributed by atoms with Gasteiger partial charge in [-0.1, -0.05) is 18.2 Å². The summed E-state index contributed by atoms with van der Waals surface area (Å²) in [4.78, 5) is 23.5. The molecule has 1 aliphatic rings. The molecule has 1 amide bonds. The largest absolute Gasteiger partial charge is 0.493 e. The van der Waals surface area contributed by atoms with Crippen LogP contribution in [0.4, 0.5) is 0 Å². The third-order valence-electron chi connectivity index (χ3n) is 4.25. The van der Waals surface area contributed by atoms with E-state index in [0.717, 1.165) is 5.56 Å². The van der Waals surface area contributed by atoms with Crippen LogP contribution in [-0.4, -0.2) is 37.7 Å². The molecule has 1 aromatic rings. The van der Waals surface area contributed by atoms with E-state index in [9.17, 15) is 14.7 Å². The lowest BCUT2D eigenvalue weighted by atomic mass is 9.82. The number of carboxylic acids is 1. The first kappa shape index (κ1) is 17.8. The zero-order chi connectivity index (χ0) is 17.5. The maximum atomic E-state index is 12.3. The van der Waals surface area contributed by atoms with Crippen LogP contribution in [0, 0.1) is 11.8 Å². The Morgan fingerprint density at radius 2 is 1.79 bits per heavy atom. The number of carboxylic acid groups (broad SMARTS) is 1. The molecular weight excluding hydrogens is 310 g/mol. The minimum atomic E-state index is -0.917. The van der Waals surface area contributed by atoms with Gasteiger partial charge in [-0.2, -0.15) is 0 Å². The molecule has 2 atom stereocenters. The van der Waals surface area contributed by atoms with Gasteiger partial charge in [0.1, 0.15) is 0 Å². The Labute approximate surface area is 141 Å². The number of carbonyl (C=O) groups is 2. The second kappa shape index (κ2) is 8.38. The Balaban J connectivity index is 1.90. The Kier molecular flexibility index (Phi) is 6.23. The molecule has 1 aliphatic carbocycles. The molecule has 0 bridgehead atoms. The number of aliphatic carboxylic acids is 1. The zero-order valence-corrected chi connectivity index (χ0v) is 14.0. The van der Waals surface area contributed by atoms with E-state index in [2.05, 4.69) is 5.32 Å². The standard InChI is InChI=1S/C18H23NO5/c1-23-15-8-7-12(11-16(15)24-2)9-10-19-17(20)13-5-3-4-6-14(13)18(21)22/h3-4,7-8,11,13-14H,5-6,9-10H2,1-2H3,(H,19,20)(H,21,22). The quantitative estimate of drug-likeness (QED) is 0.746. The maximum absolute atomic E-state index is 12.3. The van der Waals surface area contributed by atoms with Crippen LogP contribution in [0.3, 0.4) is 0 Å². The van der Waals surface area contributed by atoms with Crippen LogP contribution in [0.15, 0.2) is 30.4 Å². The van der Waals surface area contributed by atoms with Crippen LogP contribution >= 0.6 is 0 Å². The summed E-state index contributed by atoms with van der Waals surface area (Å²) in [5.74, 6) is -0.964. The number of hydrogen-bond acceptors (Lipinski definition) is 4. The van der Waals surface area contributed by atoms with Gasteiger partial charge in [-0.15, -0.1) is 0 Å². The lowest BCUT2D eigenvalue weighted by Gasteiger charge is -2.24.